The summed E-state index contributed by atoms with van der Waals surface area (Å²) < 4.78 is 34.2. The quantitative estimate of drug-likeness (QED) is 0.746. The minimum Gasteiger partial charge on any atom is -0.380 e. The van der Waals surface area contributed by atoms with Gasteiger partial charge in [-0.2, -0.15) is 17.4 Å². The molecule has 2 aliphatic rings. The average Bonchev–Trinajstić information content (AvgIpc) is 2.39. The van der Waals surface area contributed by atoms with Gasteiger partial charge >= 0.3 is 0 Å². The highest BCUT2D eigenvalue weighted by Gasteiger charge is 2.33. The van der Waals surface area contributed by atoms with Gasteiger partial charge in [-0.3, -0.25) is 0 Å². The van der Waals surface area contributed by atoms with Crippen LogP contribution < -0.4 is 10.5 Å². The van der Waals surface area contributed by atoms with Crippen molar-refractivity contribution in [3.63, 3.8) is 0 Å². The van der Waals surface area contributed by atoms with Crippen LogP contribution in [-0.4, -0.2) is 51.1 Å². The van der Waals surface area contributed by atoms with E-state index in [0.29, 0.717) is 19.7 Å². The molecule has 0 aliphatic carbocycles. The second kappa shape index (κ2) is 6.29. The molecule has 2 fully saturated rings. The molecule has 6 nitrogen and oxygen atoms in total. The van der Waals surface area contributed by atoms with E-state index < -0.39 is 10.2 Å². The second-order valence-electron chi connectivity index (χ2n) is 5.03. The molecule has 0 aromatic carbocycles. The maximum absolute atomic E-state index is 12.3. The van der Waals surface area contributed by atoms with Gasteiger partial charge in [0.15, 0.2) is 0 Å². The Morgan fingerprint density at radius 2 is 2.11 bits per heavy atom. The van der Waals surface area contributed by atoms with Gasteiger partial charge in [-0.05, 0) is 25.7 Å². The van der Waals surface area contributed by atoms with Gasteiger partial charge in [0.1, 0.15) is 0 Å². The van der Waals surface area contributed by atoms with Gasteiger partial charge in [-0.25, -0.2) is 0 Å². The van der Waals surface area contributed by atoms with Crippen LogP contribution >= 0.6 is 0 Å². The Hall–Kier alpha value is -0.210. The summed E-state index contributed by atoms with van der Waals surface area (Å²) in [6.45, 7) is 2.17. The maximum atomic E-state index is 12.3. The third-order valence-electron chi connectivity index (χ3n) is 3.63. The van der Waals surface area contributed by atoms with Crippen molar-refractivity contribution >= 4 is 10.2 Å². The van der Waals surface area contributed by atoms with Crippen LogP contribution in [0.5, 0.6) is 0 Å². The average molecular weight is 277 g/mol. The van der Waals surface area contributed by atoms with Gasteiger partial charge < -0.3 is 10.5 Å². The molecule has 0 bridgehead atoms. The lowest BCUT2D eigenvalue weighted by molar-refractivity contribution is 0.0764. The van der Waals surface area contributed by atoms with Crippen LogP contribution in [0, 0.1) is 0 Å². The first-order valence-corrected chi connectivity index (χ1v) is 8.14. The van der Waals surface area contributed by atoms with Crippen molar-refractivity contribution in [3.05, 3.63) is 0 Å². The van der Waals surface area contributed by atoms with Crippen molar-refractivity contribution in [1.29, 1.82) is 0 Å². The zero-order chi connectivity index (χ0) is 13.0. The molecule has 0 spiro atoms. The lowest BCUT2D eigenvalue weighted by atomic mass is 10.1. The highest BCUT2D eigenvalue weighted by atomic mass is 32.2. The van der Waals surface area contributed by atoms with Gasteiger partial charge in [0.25, 0.3) is 10.2 Å². The van der Waals surface area contributed by atoms with Gasteiger partial charge in [-0.1, -0.05) is 6.42 Å². The summed E-state index contributed by atoms with van der Waals surface area (Å²) in [4.78, 5) is 0. The van der Waals surface area contributed by atoms with Crippen molar-refractivity contribution in [1.82, 2.24) is 9.03 Å². The first-order valence-electron chi connectivity index (χ1n) is 6.70. The first-order chi connectivity index (χ1) is 8.63. The van der Waals surface area contributed by atoms with Gasteiger partial charge in [0, 0.05) is 31.8 Å². The first kappa shape index (κ1) is 14.2. The Morgan fingerprint density at radius 3 is 2.78 bits per heavy atom. The number of hydrogen-bond acceptors (Lipinski definition) is 4. The molecular formula is C11H23N3O3S. The van der Waals surface area contributed by atoms with Crippen LogP contribution in [-0.2, 0) is 14.9 Å². The molecule has 2 saturated heterocycles. The molecule has 2 rings (SSSR count). The zero-order valence-corrected chi connectivity index (χ0v) is 11.5. The lowest BCUT2D eigenvalue weighted by Crippen LogP contribution is -2.54. The largest absolute Gasteiger partial charge is 0.380 e. The Morgan fingerprint density at radius 1 is 1.28 bits per heavy atom. The number of hydrogen-bond donors (Lipinski definition) is 2. The molecule has 0 amide bonds. The summed E-state index contributed by atoms with van der Waals surface area (Å²) in [5.41, 5.74) is 5.66. The molecule has 0 saturated carbocycles. The Bertz CT molecular complexity index is 355. The summed E-state index contributed by atoms with van der Waals surface area (Å²) in [6.07, 6.45) is 4.59. The van der Waals surface area contributed by atoms with Crippen molar-refractivity contribution in [2.24, 2.45) is 5.73 Å². The maximum Gasteiger partial charge on any atom is 0.280 e. The van der Waals surface area contributed by atoms with Gasteiger partial charge in [-0.15, -0.1) is 0 Å². The lowest BCUT2D eigenvalue weighted by Gasteiger charge is -2.35. The standard InChI is InChI=1S/C11H23N3O3S/c12-8-11-5-1-2-6-14(11)18(15,16)13-10-4-3-7-17-9-10/h10-11,13H,1-9,12H2. The van der Waals surface area contributed by atoms with E-state index in [4.69, 9.17) is 10.5 Å². The Balaban J connectivity index is 1.99. The molecular weight excluding hydrogens is 254 g/mol. The van der Waals surface area contributed by atoms with Crippen LogP contribution in [0.2, 0.25) is 0 Å². The highest BCUT2D eigenvalue weighted by Crippen LogP contribution is 2.20. The minimum absolute atomic E-state index is 0.0549. The molecule has 0 aromatic heterocycles. The van der Waals surface area contributed by atoms with Crippen LogP contribution in [0.4, 0.5) is 0 Å². The van der Waals surface area contributed by atoms with E-state index in [1.807, 2.05) is 0 Å². The van der Waals surface area contributed by atoms with Crippen molar-refractivity contribution in [2.45, 2.75) is 44.2 Å². The smallest absolute Gasteiger partial charge is 0.280 e. The fraction of sp³-hybridized carbons (Fsp3) is 1.00. The van der Waals surface area contributed by atoms with Crippen LogP contribution in [0.15, 0.2) is 0 Å². The van der Waals surface area contributed by atoms with Crippen molar-refractivity contribution < 1.29 is 13.2 Å². The molecule has 2 aliphatic heterocycles. The summed E-state index contributed by atoms with van der Waals surface area (Å²) in [6, 6.07) is -0.148. The van der Waals surface area contributed by atoms with E-state index in [9.17, 15) is 8.42 Å². The molecule has 2 heterocycles. The topological polar surface area (TPSA) is 84.7 Å². The number of piperidine rings is 1. The zero-order valence-electron chi connectivity index (χ0n) is 10.7. The van der Waals surface area contributed by atoms with Gasteiger partial charge in [0.05, 0.1) is 6.61 Å². The van der Waals surface area contributed by atoms with E-state index in [2.05, 4.69) is 4.72 Å². The summed E-state index contributed by atoms with van der Waals surface area (Å²) >= 11 is 0. The summed E-state index contributed by atoms with van der Waals surface area (Å²) in [5.74, 6) is 0. The molecule has 2 atom stereocenters. The second-order valence-corrected chi connectivity index (χ2v) is 6.69. The van der Waals surface area contributed by atoms with E-state index >= 15 is 0 Å². The van der Waals surface area contributed by atoms with E-state index in [0.717, 1.165) is 38.7 Å². The number of nitrogens with two attached hydrogens (primary N) is 1. The molecule has 3 N–H and O–H groups in total. The van der Waals surface area contributed by atoms with Crippen molar-refractivity contribution in [3.8, 4) is 0 Å². The SMILES string of the molecule is NCC1CCCCN1S(=O)(=O)NC1CCCOC1. The fourth-order valence-electron chi connectivity index (χ4n) is 2.64. The van der Waals surface area contributed by atoms with Crippen molar-refractivity contribution in [2.75, 3.05) is 26.3 Å². The Labute approximate surface area is 109 Å². The molecule has 2 unspecified atom stereocenters. The van der Waals surface area contributed by atoms with E-state index in [-0.39, 0.29) is 12.1 Å². The van der Waals surface area contributed by atoms with E-state index in [1.54, 1.807) is 0 Å². The predicted octanol–water partition coefficient (Wildman–Crippen LogP) is -0.187. The third-order valence-corrected chi connectivity index (χ3v) is 5.36. The highest BCUT2D eigenvalue weighted by molar-refractivity contribution is 7.87. The number of ether oxygens (including phenoxy) is 1. The third kappa shape index (κ3) is 3.42. The predicted molar refractivity (Wildman–Crippen MR) is 69.3 cm³/mol. The molecule has 18 heavy (non-hydrogen) atoms. The molecule has 7 heteroatoms. The summed E-state index contributed by atoms with van der Waals surface area (Å²) in [5, 5.41) is 0. The number of nitrogens with one attached hydrogen (secondary N) is 1. The van der Waals surface area contributed by atoms with Crippen LogP contribution in [0.3, 0.4) is 0 Å². The van der Waals surface area contributed by atoms with Crippen LogP contribution in [0.25, 0.3) is 0 Å². The molecule has 0 radical (unpaired) electrons. The van der Waals surface area contributed by atoms with E-state index in [1.165, 1.54) is 4.31 Å². The monoisotopic (exact) mass is 277 g/mol. The normalized spacial score (nSPS) is 31.4. The molecule has 106 valence electrons. The number of nitrogens with zero attached hydrogens (tertiary/aromatic N) is 1. The van der Waals surface area contributed by atoms with Gasteiger partial charge in [0.2, 0.25) is 0 Å². The fourth-order valence-corrected chi connectivity index (χ4v) is 4.33. The summed E-state index contributed by atoms with van der Waals surface area (Å²) in [7, 11) is -3.42. The minimum atomic E-state index is -3.42. The molecule has 0 aromatic rings. The Kier molecular flexibility index (Phi) is 4.97. The number of rotatable bonds is 4. The van der Waals surface area contributed by atoms with Crippen LogP contribution in [0.1, 0.15) is 32.1 Å².